The first-order valence-electron chi connectivity index (χ1n) is 7.65. The van der Waals surface area contributed by atoms with Crippen LogP contribution in [0.1, 0.15) is 16.5 Å². The molecule has 1 aliphatic rings. The molecule has 126 valence electrons. The van der Waals surface area contributed by atoms with Crippen LogP contribution in [0.4, 0.5) is 5.82 Å². The van der Waals surface area contributed by atoms with Crippen molar-refractivity contribution in [1.82, 2.24) is 9.55 Å². The van der Waals surface area contributed by atoms with Gasteiger partial charge in [-0.2, -0.15) is 0 Å². The minimum absolute atomic E-state index is 0.0615. The van der Waals surface area contributed by atoms with E-state index in [0.29, 0.717) is 11.6 Å². The molecule has 2 aromatic carbocycles. The van der Waals surface area contributed by atoms with Crippen LogP contribution in [-0.4, -0.2) is 26.3 Å². The van der Waals surface area contributed by atoms with Crippen molar-refractivity contribution in [1.29, 1.82) is 0 Å². The molecule has 1 aromatic heterocycles. The number of aromatic hydroxyl groups is 1. The number of thioether (sulfide) groups is 1. The minimum atomic E-state index is -0.0688. The quantitative estimate of drug-likeness (QED) is 0.660. The molecule has 0 saturated carbocycles. The molecule has 7 heteroatoms. The van der Waals surface area contributed by atoms with Gasteiger partial charge >= 0.3 is 0 Å². The molecule has 5 nitrogen and oxygen atoms in total. The Hall–Kier alpha value is -2.25. The standard InChI is InChI=1S/C18H14BrN3O2S/c19-12-3-5-13(6-4-12)22-10-20-18-16(22)17(25-9-15(24)21-18)11-1-7-14(23)8-2-11/h1-8,10,17,23H,9H2,(H,21,24). The van der Waals surface area contributed by atoms with E-state index in [-0.39, 0.29) is 16.9 Å². The zero-order valence-electron chi connectivity index (χ0n) is 13.0. The molecule has 3 aromatic rings. The fourth-order valence-electron chi connectivity index (χ4n) is 2.82. The van der Waals surface area contributed by atoms with Crippen molar-refractivity contribution < 1.29 is 9.90 Å². The molecular formula is C18H14BrN3O2S. The lowest BCUT2D eigenvalue weighted by Crippen LogP contribution is -2.12. The number of anilines is 1. The van der Waals surface area contributed by atoms with E-state index in [2.05, 4.69) is 26.2 Å². The molecule has 4 rings (SSSR count). The van der Waals surface area contributed by atoms with E-state index in [4.69, 9.17) is 0 Å². The number of halogens is 1. The van der Waals surface area contributed by atoms with Gasteiger partial charge in [-0.3, -0.25) is 9.36 Å². The molecule has 0 radical (unpaired) electrons. The van der Waals surface area contributed by atoms with Crippen molar-refractivity contribution >= 4 is 39.4 Å². The molecule has 1 unspecified atom stereocenters. The molecule has 1 atom stereocenters. The second-order valence-electron chi connectivity index (χ2n) is 5.66. The van der Waals surface area contributed by atoms with E-state index >= 15 is 0 Å². The van der Waals surface area contributed by atoms with Crippen LogP contribution in [0, 0.1) is 0 Å². The predicted molar refractivity (Wildman–Crippen MR) is 102 cm³/mol. The third kappa shape index (κ3) is 3.17. The summed E-state index contributed by atoms with van der Waals surface area (Å²) >= 11 is 5.00. The number of phenols is 1. The Balaban J connectivity index is 1.86. The van der Waals surface area contributed by atoms with Gasteiger partial charge in [0, 0.05) is 10.2 Å². The van der Waals surface area contributed by atoms with Gasteiger partial charge in [0.05, 0.1) is 16.7 Å². The van der Waals surface area contributed by atoms with Crippen molar-refractivity contribution in [3.63, 3.8) is 0 Å². The Bertz CT molecular complexity index is 922. The maximum absolute atomic E-state index is 12.0. The Morgan fingerprint density at radius 1 is 1.16 bits per heavy atom. The maximum Gasteiger partial charge on any atom is 0.235 e. The van der Waals surface area contributed by atoms with Gasteiger partial charge in [0.2, 0.25) is 5.91 Å². The van der Waals surface area contributed by atoms with Crippen LogP contribution < -0.4 is 5.32 Å². The molecule has 0 fully saturated rings. The number of hydrogen-bond donors (Lipinski definition) is 2. The Morgan fingerprint density at radius 2 is 1.88 bits per heavy atom. The number of fused-ring (bicyclic) bond motifs is 1. The van der Waals surface area contributed by atoms with Crippen LogP contribution in [0.25, 0.3) is 5.69 Å². The summed E-state index contributed by atoms with van der Waals surface area (Å²) in [5.41, 5.74) is 2.90. The normalized spacial score (nSPS) is 16.8. The lowest BCUT2D eigenvalue weighted by Gasteiger charge is -2.18. The van der Waals surface area contributed by atoms with Crippen LogP contribution in [0.2, 0.25) is 0 Å². The average molecular weight is 416 g/mol. The summed E-state index contributed by atoms with van der Waals surface area (Å²) in [7, 11) is 0. The zero-order valence-corrected chi connectivity index (χ0v) is 15.4. The number of rotatable bonds is 2. The van der Waals surface area contributed by atoms with Crippen LogP contribution in [-0.2, 0) is 4.79 Å². The molecule has 2 N–H and O–H groups in total. The fourth-order valence-corrected chi connectivity index (χ4v) is 4.21. The number of carbonyl (C=O) groups is 1. The van der Waals surface area contributed by atoms with E-state index < -0.39 is 0 Å². The van der Waals surface area contributed by atoms with Gasteiger partial charge in [0.25, 0.3) is 0 Å². The Morgan fingerprint density at radius 3 is 2.60 bits per heavy atom. The largest absolute Gasteiger partial charge is 0.508 e. The lowest BCUT2D eigenvalue weighted by atomic mass is 10.1. The number of nitrogens with zero attached hydrogens (tertiary/aromatic N) is 2. The van der Waals surface area contributed by atoms with Gasteiger partial charge in [-0.15, -0.1) is 11.8 Å². The van der Waals surface area contributed by atoms with Crippen LogP contribution in [0.15, 0.2) is 59.3 Å². The molecule has 0 aliphatic carbocycles. The number of phenolic OH excluding ortho intramolecular Hbond substituents is 1. The number of amides is 1. The molecule has 1 amide bonds. The summed E-state index contributed by atoms with van der Waals surface area (Å²) < 4.78 is 3.00. The minimum Gasteiger partial charge on any atom is -0.508 e. The first-order chi connectivity index (χ1) is 12.1. The number of aromatic nitrogens is 2. The molecule has 0 saturated heterocycles. The zero-order chi connectivity index (χ0) is 17.4. The predicted octanol–water partition coefficient (Wildman–Crippen LogP) is 4.12. The molecule has 1 aliphatic heterocycles. The molecule has 25 heavy (non-hydrogen) atoms. The van der Waals surface area contributed by atoms with E-state index in [1.54, 1.807) is 30.2 Å². The monoisotopic (exact) mass is 415 g/mol. The highest BCUT2D eigenvalue weighted by Gasteiger charge is 2.29. The van der Waals surface area contributed by atoms with Crippen molar-refractivity contribution in [3.05, 3.63) is 70.6 Å². The van der Waals surface area contributed by atoms with Gasteiger partial charge < -0.3 is 10.4 Å². The molecule has 0 bridgehead atoms. The molecule has 2 heterocycles. The third-order valence-electron chi connectivity index (χ3n) is 3.99. The van der Waals surface area contributed by atoms with Crippen molar-refractivity contribution in [2.45, 2.75) is 5.25 Å². The van der Waals surface area contributed by atoms with E-state index in [1.165, 1.54) is 0 Å². The number of nitrogens with one attached hydrogen (secondary N) is 1. The summed E-state index contributed by atoms with van der Waals surface area (Å²) in [5, 5.41) is 12.4. The first kappa shape index (κ1) is 16.2. The van der Waals surface area contributed by atoms with E-state index in [0.717, 1.165) is 21.4 Å². The highest BCUT2D eigenvalue weighted by molar-refractivity contribution is 9.10. The fraction of sp³-hybridized carbons (Fsp3) is 0.111. The highest BCUT2D eigenvalue weighted by atomic mass is 79.9. The highest BCUT2D eigenvalue weighted by Crippen LogP contribution is 2.42. The van der Waals surface area contributed by atoms with Crippen LogP contribution in [0.3, 0.4) is 0 Å². The van der Waals surface area contributed by atoms with Crippen molar-refractivity contribution in [3.8, 4) is 11.4 Å². The Labute approximate surface area is 157 Å². The topological polar surface area (TPSA) is 67.1 Å². The molecule has 0 spiro atoms. The van der Waals surface area contributed by atoms with Gasteiger partial charge in [0.1, 0.15) is 12.1 Å². The van der Waals surface area contributed by atoms with Crippen molar-refractivity contribution in [2.24, 2.45) is 0 Å². The van der Waals surface area contributed by atoms with Crippen LogP contribution in [0.5, 0.6) is 5.75 Å². The number of hydrogen-bond acceptors (Lipinski definition) is 4. The van der Waals surface area contributed by atoms with Gasteiger partial charge in [-0.25, -0.2) is 4.98 Å². The Kier molecular flexibility index (Phi) is 4.27. The summed E-state index contributed by atoms with van der Waals surface area (Å²) in [5.74, 6) is 1.09. The van der Waals surface area contributed by atoms with Gasteiger partial charge in [-0.05, 0) is 42.0 Å². The SMILES string of the molecule is O=C1CSC(c2ccc(O)cc2)c2c(ncn2-c2ccc(Br)cc2)N1. The number of carbonyl (C=O) groups excluding carboxylic acids is 1. The maximum atomic E-state index is 12.0. The third-order valence-corrected chi connectivity index (χ3v) is 5.78. The van der Waals surface area contributed by atoms with Gasteiger partial charge in [0.15, 0.2) is 5.82 Å². The number of imidazole rings is 1. The van der Waals surface area contributed by atoms with E-state index in [1.807, 2.05) is 41.0 Å². The summed E-state index contributed by atoms with van der Waals surface area (Å²) in [6.07, 6.45) is 1.73. The second-order valence-corrected chi connectivity index (χ2v) is 7.66. The summed E-state index contributed by atoms with van der Waals surface area (Å²) in [4.78, 5) is 16.5. The second kappa shape index (κ2) is 6.57. The van der Waals surface area contributed by atoms with Crippen molar-refractivity contribution in [2.75, 3.05) is 11.1 Å². The van der Waals surface area contributed by atoms with Gasteiger partial charge in [-0.1, -0.05) is 28.1 Å². The van der Waals surface area contributed by atoms with Crippen LogP contribution >= 0.6 is 27.7 Å². The smallest absolute Gasteiger partial charge is 0.235 e. The lowest BCUT2D eigenvalue weighted by molar-refractivity contribution is -0.113. The van der Waals surface area contributed by atoms with E-state index in [9.17, 15) is 9.90 Å². The molecular weight excluding hydrogens is 402 g/mol. The summed E-state index contributed by atoms with van der Waals surface area (Å²) in [6.45, 7) is 0. The number of benzene rings is 2. The summed E-state index contributed by atoms with van der Waals surface area (Å²) in [6, 6.07) is 15.0. The first-order valence-corrected chi connectivity index (χ1v) is 9.49. The average Bonchev–Trinajstić information content (AvgIpc) is 2.93.